The molecule has 2 rings (SSSR count). The van der Waals surface area contributed by atoms with Crippen LogP contribution in [0.15, 0.2) is 36.4 Å². The Kier molecular flexibility index (Phi) is 5.81. The Morgan fingerprint density at radius 2 is 2.10 bits per heavy atom. The molecule has 0 aromatic heterocycles. The van der Waals surface area contributed by atoms with Gasteiger partial charge in [-0.05, 0) is 24.8 Å². The third kappa shape index (κ3) is 4.82. The fraction of sp³-hybridized carbons (Fsp3) is 0.471. The Balaban J connectivity index is 1.62. The van der Waals surface area contributed by atoms with E-state index >= 15 is 0 Å². The van der Waals surface area contributed by atoms with E-state index < -0.39 is 0 Å². The number of aliphatic hydroxyl groups is 1. The Labute approximate surface area is 120 Å². The molecule has 20 heavy (non-hydrogen) atoms. The maximum absolute atomic E-state index is 11.7. The summed E-state index contributed by atoms with van der Waals surface area (Å²) in [4.78, 5) is 11.7. The summed E-state index contributed by atoms with van der Waals surface area (Å²) in [6.45, 7) is 0.613. The highest BCUT2D eigenvalue weighted by Crippen LogP contribution is 2.24. The Bertz CT molecular complexity index is 442. The first-order valence-electron chi connectivity index (χ1n) is 7.42. The Morgan fingerprint density at radius 3 is 2.80 bits per heavy atom. The number of aliphatic hydroxyl groups excluding tert-OH is 1. The molecule has 2 N–H and O–H groups in total. The lowest BCUT2D eigenvalue weighted by atomic mass is 10.1. The van der Waals surface area contributed by atoms with E-state index in [9.17, 15) is 9.90 Å². The molecular formula is C17H23NO2. The van der Waals surface area contributed by atoms with E-state index in [1.165, 1.54) is 0 Å². The average molecular weight is 273 g/mol. The van der Waals surface area contributed by atoms with Crippen LogP contribution in [0.4, 0.5) is 0 Å². The second-order valence-corrected chi connectivity index (χ2v) is 5.41. The van der Waals surface area contributed by atoms with Crippen LogP contribution in [0.25, 0.3) is 6.08 Å². The summed E-state index contributed by atoms with van der Waals surface area (Å²) in [6, 6.07) is 10.1. The van der Waals surface area contributed by atoms with Crippen molar-refractivity contribution >= 4 is 12.0 Å². The lowest BCUT2D eigenvalue weighted by Crippen LogP contribution is -2.32. The molecule has 0 heterocycles. The lowest BCUT2D eigenvalue weighted by Gasteiger charge is -2.14. The van der Waals surface area contributed by atoms with Gasteiger partial charge in [-0.2, -0.15) is 0 Å². The van der Waals surface area contributed by atoms with Gasteiger partial charge >= 0.3 is 0 Å². The third-order valence-corrected chi connectivity index (χ3v) is 3.83. The van der Waals surface area contributed by atoms with Gasteiger partial charge < -0.3 is 10.4 Å². The molecule has 0 aliphatic heterocycles. The third-order valence-electron chi connectivity index (χ3n) is 3.83. The van der Waals surface area contributed by atoms with Crippen molar-refractivity contribution in [1.82, 2.24) is 5.32 Å². The molecule has 1 aliphatic rings. The van der Waals surface area contributed by atoms with Crippen molar-refractivity contribution in [2.75, 3.05) is 6.54 Å². The van der Waals surface area contributed by atoms with Crippen molar-refractivity contribution in [2.45, 2.75) is 38.2 Å². The van der Waals surface area contributed by atoms with Gasteiger partial charge in [0.15, 0.2) is 0 Å². The summed E-state index contributed by atoms with van der Waals surface area (Å²) in [7, 11) is 0. The lowest BCUT2D eigenvalue weighted by molar-refractivity contribution is -0.121. The number of carbonyl (C=O) groups excluding carboxylic acids is 1. The molecular weight excluding hydrogens is 250 g/mol. The van der Waals surface area contributed by atoms with Crippen LogP contribution in [-0.2, 0) is 4.79 Å². The highest BCUT2D eigenvalue weighted by Gasteiger charge is 2.25. The van der Waals surface area contributed by atoms with Crippen LogP contribution >= 0.6 is 0 Å². The number of amides is 1. The maximum Gasteiger partial charge on any atom is 0.220 e. The van der Waals surface area contributed by atoms with E-state index in [0.29, 0.717) is 13.0 Å². The molecule has 3 nitrogen and oxygen atoms in total. The zero-order chi connectivity index (χ0) is 14.2. The zero-order valence-corrected chi connectivity index (χ0v) is 11.8. The maximum atomic E-state index is 11.7. The molecule has 1 aromatic carbocycles. The quantitative estimate of drug-likeness (QED) is 0.837. The molecule has 0 bridgehead atoms. The Morgan fingerprint density at radius 1 is 1.30 bits per heavy atom. The SMILES string of the molecule is O=C(CC/C=C/c1ccccc1)NCC1CCCC1O. The van der Waals surface area contributed by atoms with Crippen LogP contribution in [-0.4, -0.2) is 23.7 Å². The topological polar surface area (TPSA) is 49.3 Å². The summed E-state index contributed by atoms with van der Waals surface area (Å²) < 4.78 is 0. The van der Waals surface area contributed by atoms with E-state index in [0.717, 1.165) is 31.2 Å². The van der Waals surface area contributed by atoms with Gasteiger partial charge in [-0.1, -0.05) is 48.9 Å². The molecule has 2 unspecified atom stereocenters. The van der Waals surface area contributed by atoms with Crippen molar-refractivity contribution in [1.29, 1.82) is 0 Å². The number of hydrogen-bond donors (Lipinski definition) is 2. The van der Waals surface area contributed by atoms with E-state index in [2.05, 4.69) is 5.32 Å². The predicted octanol–water partition coefficient (Wildman–Crippen LogP) is 2.76. The minimum absolute atomic E-state index is 0.0711. The minimum atomic E-state index is -0.228. The van der Waals surface area contributed by atoms with E-state index in [1.54, 1.807) is 0 Å². The van der Waals surface area contributed by atoms with Crippen molar-refractivity contribution in [3.8, 4) is 0 Å². The Hall–Kier alpha value is -1.61. The highest BCUT2D eigenvalue weighted by molar-refractivity contribution is 5.76. The number of carbonyl (C=O) groups is 1. The van der Waals surface area contributed by atoms with Crippen molar-refractivity contribution in [2.24, 2.45) is 5.92 Å². The first-order chi connectivity index (χ1) is 9.75. The van der Waals surface area contributed by atoms with Gasteiger partial charge in [0.2, 0.25) is 5.91 Å². The van der Waals surface area contributed by atoms with Crippen LogP contribution in [0.3, 0.4) is 0 Å². The van der Waals surface area contributed by atoms with Crippen LogP contribution in [0.5, 0.6) is 0 Å². The molecule has 1 amide bonds. The first-order valence-corrected chi connectivity index (χ1v) is 7.42. The standard InChI is InChI=1S/C17H23NO2/c19-16-11-6-10-15(16)13-18-17(20)12-5-4-9-14-7-2-1-3-8-14/h1-4,7-9,15-16,19H,5-6,10-13H2,(H,18,20)/b9-4+. The minimum Gasteiger partial charge on any atom is -0.393 e. The van der Waals surface area contributed by atoms with Gasteiger partial charge in [0, 0.05) is 18.9 Å². The number of rotatable bonds is 6. The predicted molar refractivity (Wildman–Crippen MR) is 81.1 cm³/mol. The van der Waals surface area contributed by atoms with Crippen LogP contribution in [0.2, 0.25) is 0 Å². The molecule has 0 spiro atoms. The molecule has 2 atom stereocenters. The molecule has 3 heteroatoms. The van der Waals surface area contributed by atoms with Crippen LogP contribution in [0.1, 0.15) is 37.7 Å². The van der Waals surface area contributed by atoms with Crippen molar-refractivity contribution in [3.05, 3.63) is 42.0 Å². The van der Waals surface area contributed by atoms with E-state index in [1.807, 2.05) is 42.5 Å². The van der Waals surface area contributed by atoms with Crippen LogP contribution in [0, 0.1) is 5.92 Å². The summed E-state index contributed by atoms with van der Waals surface area (Å²) in [5.41, 5.74) is 1.15. The monoisotopic (exact) mass is 273 g/mol. The van der Waals surface area contributed by atoms with Crippen LogP contribution < -0.4 is 5.32 Å². The summed E-state index contributed by atoms with van der Waals surface area (Å²) in [5.74, 6) is 0.320. The van der Waals surface area contributed by atoms with Gasteiger partial charge in [-0.25, -0.2) is 0 Å². The largest absolute Gasteiger partial charge is 0.393 e. The normalized spacial score (nSPS) is 22.2. The smallest absolute Gasteiger partial charge is 0.220 e. The fourth-order valence-corrected chi connectivity index (χ4v) is 2.59. The van der Waals surface area contributed by atoms with Gasteiger partial charge in [0.05, 0.1) is 6.10 Å². The average Bonchev–Trinajstić information content (AvgIpc) is 2.88. The number of benzene rings is 1. The first kappa shape index (κ1) is 14.8. The van der Waals surface area contributed by atoms with Gasteiger partial charge in [-0.15, -0.1) is 0 Å². The van der Waals surface area contributed by atoms with E-state index in [-0.39, 0.29) is 17.9 Å². The van der Waals surface area contributed by atoms with Gasteiger partial charge in [-0.3, -0.25) is 4.79 Å². The fourth-order valence-electron chi connectivity index (χ4n) is 2.59. The van der Waals surface area contributed by atoms with Gasteiger partial charge in [0.25, 0.3) is 0 Å². The molecule has 0 saturated heterocycles. The molecule has 1 fully saturated rings. The second-order valence-electron chi connectivity index (χ2n) is 5.41. The molecule has 1 aromatic rings. The highest BCUT2D eigenvalue weighted by atomic mass is 16.3. The van der Waals surface area contributed by atoms with E-state index in [4.69, 9.17) is 0 Å². The van der Waals surface area contributed by atoms with Gasteiger partial charge in [0.1, 0.15) is 0 Å². The number of nitrogens with one attached hydrogen (secondary N) is 1. The summed E-state index contributed by atoms with van der Waals surface area (Å²) in [6.07, 6.45) is 8.05. The summed E-state index contributed by atoms with van der Waals surface area (Å²) in [5, 5.41) is 12.6. The zero-order valence-electron chi connectivity index (χ0n) is 11.8. The molecule has 1 saturated carbocycles. The number of hydrogen-bond acceptors (Lipinski definition) is 2. The molecule has 108 valence electrons. The summed E-state index contributed by atoms with van der Waals surface area (Å²) >= 11 is 0. The second kappa shape index (κ2) is 7.85. The molecule has 1 aliphatic carbocycles. The molecule has 0 radical (unpaired) electrons. The van der Waals surface area contributed by atoms with Crippen molar-refractivity contribution in [3.63, 3.8) is 0 Å². The van der Waals surface area contributed by atoms with Crippen molar-refractivity contribution < 1.29 is 9.90 Å². The number of allylic oxidation sites excluding steroid dienone is 1.